The highest BCUT2D eigenvalue weighted by Gasteiger charge is 2.23. The SMILES string of the molecule is CC1(C)CCN(Cc2ccc(/C=C/C(=O)O)cc2)CCS1. The topological polar surface area (TPSA) is 40.5 Å². The number of carboxylic acids is 1. The van der Waals surface area contributed by atoms with Crippen LogP contribution in [0.15, 0.2) is 30.3 Å². The lowest BCUT2D eigenvalue weighted by molar-refractivity contribution is -0.131. The second kappa shape index (κ2) is 7.14. The zero-order chi connectivity index (χ0) is 15.3. The summed E-state index contributed by atoms with van der Waals surface area (Å²) >= 11 is 2.06. The van der Waals surface area contributed by atoms with Gasteiger partial charge >= 0.3 is 5.97 Å². The highest BCUT2D eigenvalue weighted by Crippen LogP contribution is 2.31. The first-order valence-electron chi connectivity index (χ1n) is 7.31. The number of hydrogen-bond donors (Lipinski definition) is 1. The van der Waals surface area contributed by atoms with Gasteiger partial charge < -0.3 is 5.11 Å². The van der Waals surface area contributed by atoms with Crippen molar-refractivity contribution in [3.8, 4) is 0 Å². The second-order valence-electron chi connectivity index (χ2n) is 6.05. The predicted molar refractivity (Wildman–Crippen MR) is 89.5 cm³/mol. The average molecular weight is 305 g/mol. The van der Waals surface area contributed by atoms with Crippen LogP contribution in [0.2, 0.25) is 0 Å². The van der Waals surface area contributed by atoms with E-state index < -0.39 is 5.97 Å². The number of rotatable bonds is 4. The van der Waals surface area contributed by atoms with Gasteiger partial charge in [-0.1, -0.05) is 38.1 Å². The molecule has 0 aromatic heterocycles. The first-order chi connectivity index (χ1) is 9.94. The summed E-state index contributed by atoms with van der Waals surface area (Å²) in [7, 11) is 0. The molecule has 1 N–H and O–H groups in total. The number of aliphatic carboxylic acids is 1. The molecule has 0 aliphatic carbocycles. The lowest BCUT2D eigenvalue weighted by Gasteiger charge is -2.22. The van der Waals surface area contributed by atoms with Crippen molar-refractivity contribution in [1.82, 2.24) is 4.90 Å². The Kier molecular flexibility index (Phi) is 5.48. The summed E-state index contributed by atoms with van der Waals surface area (Å²) in [5.41, 5.74) is 2.21. The minimum Gasteiger partial charge on any atom is -0.478 e. The largest absolute Gasteiger partial charge is 0.478 e. The molecule has 2 rings (SSSR count). The van der Waals surface area contributed by atoms with Crippen LogP contribution in [0, 0.1) is 0 Å². The fourth-order valence-electron chi connectivity index (χ4n) is 2.38. The van der Waals surface area contributed by atoms with Gasteiger partial charge in [0.25, 0.3) is 0 Å². The third kappa shape index (κ3) is 5.56. The number of carboxylic acid groups (broad SMARTS) is 1. The zero-order valence-corrected chi connectivity index (χ0v) is 13.5. The molecule has 0 unspecified atom stereocenters. The van der Waals surface area contributed by atoms with Crippen molar-refractivity contribution >= 4 is 23.8 Å². The van der Waals surface area contributed by atoms with Crippen LogP contribution in [0.1, 0.15) is 31.4 Å². The molecule has 1 saturated heterocycles. The molecule has 114 valence electrons. The van der Waals surface area contributed by atoms with Crippen LogP contribution in [-0.4, -0.2) is 39.6 Å². The molecule has 0 bridgehead atoms. The lowest BCUT2D eigenvalue weighted by Crippen LogP contribution is -2.26. The van der Waals surface area contributed by atoms with Gasteiger partial charge in [0, 0.05) is 29.7 Å². The molecule has 0 saturated carbocycles. The number of thioether (sulfide) groups is 1. The quantitative estimate of drug-likeness (QED) is 0.864. The Balaban J connectivity index is 1.92. The van der Waals surface area contributed by atoms with Gasteiger partial charge in [-0.3, -0.25) is 4.90 Å². The highest BCUT2D eigenvalue weighted by molar-refractivity contribution is 8.00. The Hall–Kier alpha value is -1.26. The van der Waals surface area contributed by atoms with Crippen LogP contribution >= 0.6 is 11.8 Å². The summed E-state index contributed by atoms with van der Waals surface area (Å²) in [4.78, 5) is 13.0. The van der Waals surface area contributed by atoms with E-state index in [1.54, 1.807) is 6.08 Å². The molecule has 4 heteroatoms. The summed E-state index contributed by atoms with van der Waals surface area (Å²) in [6.07, 6.45) is 4.01. The van der Waals surface area contributed by atoms with E-state index in [0.717, 1.165) is 25.2 Å². The maximum atomic E-state index is 10.5. The van der Waals surface area contributed by atoms with Gasteiger partial charge in [-0.2, -0.15) is 11.8 Å². The van der Waals surface area contributed by atoms with E-state index in [1.165, 1.54) is 23.8 Å². The third-order valence-corrected chi connectivity index (χ3v) is 5.11. The average Bonchev–Trinajstić information content (AvgIpc) is 2.59. The monoisotopic (exact) mass is 305 g/mol. The minimum absolute atomic E-state index is 0.389. The molecule has 0 spiro atoms. The molecule has 0 amide bonds. The Labute approximate surface area is 131 Å². The van der Waals surface area contributed by atoms with Crippen molar-refractivity contribution in [1.29, 1.82) is 0 Å². The third-order valence-electron chi connectivity index (χ3n) is 3.73. The summed E-state index contributed by atoms with van der Waals surface area (Å²) in [5.74, 6) is 0.274. The molecule has 1 aromatic rings. The van der Waals surface area contributed by atoms with Gasteiger partial charge in [-0.25, -0.2) is 4.79 Å². The Morgan fingerprint density at radius 3 is 2.71 bits per heavy atom. The van der Waals surface area contributed by atoms with Crippen molar-refractivity contribution < 1.29 is 9.90 Å². The minimum atomic E-state index is -0.913. The van der Waals surface area contributed by atoms with Crippen LogP contribution in [0.4, 0.5) is 0 Å². The van der Waals surface area contributed by atoms with Gasteiger partial charge in [0.15, 0.2) is 0 Å². The molecule has 1 aromatic carbocycles. The van der Waals surface area contributed by atoms with Gasteiger partial charge in [0.1, 0.15) is 0 Å². The van der Waals surface area contributed by atoms with Crippen LogP contribution in [0.25, 0.3) is 6.08 Å². The number of benzene rings is 1. The van der Waals surface area contributed by atoms with E-state index in [0.29, 0.717) is 4.75 Å². The molecular formula is C17H23NO2S. The molecule has 1 aliphatic heterocycles. The van der Waals surface area contributed by atoms with E-state index in [4.69, 9.17) is 5.11 Å². The van der Waals surface area contributed by atoms with Crippen LogP contribution < -0.4 is 0 Å². The van der Waals surface area contributed by atoms with Crippen molar-refractivity contribution in [2.45, 2.75) is 31.6 Å². The van der Waals surface area contributed by atoms with Gasteiger partial charge in [-0.15, -0.1) is 0 Å². The fraction of sp³-hybridized carbons (Fsp3) is 0.471. The van der Waals surface area contributed by atoms with E-state index >= 15 is 0 Å². The molecule has 3 nitrogen and oxygen atoms in total. The van der Waals surface area contributed by atoms with Crippen LogP contribution in [0.5, 0.6) is 0 Å². The number of carbonyl (C=O) groups is 1. The maximum absolute atomic E-state index is 10.5. The van der Waals surface area contributed by atoms with E-state index in [9.17, 15) is 4.79 Å². The Morgan fingerprint density at radius 2 is 2.05 bits per heavy atom. The van der Waals surface area contributed by atoms with Gasteiger partial charge in [-0.05, 0) is 30.2 Å². The molecule has 0 radical (unpaired) electrons. The number of nitrogens with zero attached hydrogens (tertiary/aromatic N) is 1. The van der Waals surface area contributed by atoms with E-state index in [2.05, 4.69) is 42.6 Å². The summed E-state index contributed by atoms with van der Waals surface area (Å²) in [6.45, 7) is 7.89. The van der Waals surface area contributed by atoms with Crippen LogP contribution in [-0.2, 0) is 11.3 Å². The predicted octanol–water partition coefficient (Wildman–Crippen LogP) is 3.50. The summed E-state index contributed by atoms with van der Waals surface area (Å²) < 4.78 is 0.389. The van der Waals surface area contributed by atoms with E-state index in [1.807, 2.05) is 12.1 Å². The molecule has 1 aliphatic rings. The Morgan fingerprint density at radius 1 is 1.33 bits per heavy atom. The maximum Gasteiger partial charge on any atom is 0.328 e. The normalized spacial score (nSPS) is 19.5. The lowest BCUT2D eigenvalue weighted by atomic mass is 10.1. The zero-order valence-electron chi connectivity index (χ0n) is 12.7. The standard InChI is InChI=1S/C17H23NO2S/c1-17(2)9-10-18(11-12-21-17)13-15-5-3-14(4-6-15)7-8-16(19)20/h3-8H,9-13H2,1-2H3,(H,19,20)/b8-7+. The molecule has 1 heterocycles. The summed E-state index contributed by atoms with van der Waals surface area (Å²) in [6, 6.07) is 8.13. The van der Waals surface area contributed by atoms with Crippen molar-refractivity contribution in [2.24, 2.45) is 0 Å². The first kappa shape index (κ1) is 16.1. The second-order valence-corrected chi connectivity index (χ2v) is 7.85. The molecule has 0 atom stereocenters. The Bertz CT molecular complexity index is 508. The van der Waals surface area contributed by atoms with Crippen LogP contribution in [0.3, 0.4) is 0 Å². The van der Waals surface area contributed by atoms with E-state index in [-0.39, 0.29) is 0 Å². The van der Waals surface area contributed by atoms with Crippen molar-refractivity contribution in [3.63, 3.8) is 0 Å². The van der Waals surface area contributed by atoms with Crippen molar-refractivity contribution in [3.05, 3.63) is 41.5 Å². The molecule has 1 fully saturated rings. The van der Waals surface area contributed by atoms with Gasteiger partial charge in [0.05, 0.1) is 0 Å². The highest BCUT2D eigenvalue weighted by atomic mass is 32.2. The fourth-order valence-corrected chi connectivity index (χ4v) is 3.52. The van der Waals surface area contributed by atoms with Crippen molar-refractivity contribution in [2.75, 3.05) is 18.8 Å². The molecule has 21 heavy (non-hydrogen) atoms. The summed E-state index contributed by atoms with van der Waals surface area (Å²) in [5, 5.41) is 8.62. The number of hydrogen-bond acceptors (Lipinski definition) is 3. The molecular weight excluding hydrogens is 282 g/mol. The van der Waals surface area contributed by atoms with Gasteiger partial charge in [0.2, 0.25) is 0 Å². The first-order valence-corrected chi connectivity index (χ1v) is 8.29. The smallest absolute Gasteiger partial charge is 0.328 e.